The van der Waals surface area contributed by atoms with Crippen LogP contribution in [-0.2, 0) is 4.79 Å². The number of amides is 1. The number of nitrogens with one attached hydrogen (secondary N) is 1. The van der Waals surface area contributed by atoms with E-state index in [1.54, 1.807) is 24.4 Å². The first-order valence-electron chi connectivity index (χ1n) is 14.2. The van der Waals surface area contributed by atoms with Crippen LogP contribution in [0.5, 0.6) is 17.2 Å². The molecule has 0 radical (unpaired) electrons. The second-order valence-electron chi connectivity index (χ2n) is 10.9. The van der Waals surface area contributed by atoms with Gasteiger partial charge >= 0.3 is 0 Å². The number of carbonyl (C=O) groups excluding carboxylic acids is 1. The quantitative estimate of drug-likeness (QED) is 0.266. The smallest absolute Gasteiger partial charge is 0.246 e. The lowest BCUT2D eigenvalue weighted by molar-refractivity contribution is -0.129. The van der Waals surface area contributed by atoms with Crippen LogP contribution in [0.25, 0.3) is 16.7 Å². The summed E-state index contributed by atoms with van der Waals surface area (Å²) in [7, 11) is 3.94. The molecule has 1 fully saturated rings. The molecule has 0 aliphatic carbocycles. The molecule has 1 aromatic carbocycles. The van der Waals surface area contributed by atoms with E-state index >= 15 is 0 Å². The third kappa shape index (κ3) is 5.56. The molecule has 1 N–H and O–H groups in total. The van der Waals surface area contributed by atoms with Gasteiger partial charge in [-0.05, 0) is 38.4 Å². The standard InChI is InChI=1S/C31H30ClN9O3/c1-38(2)9-3-4-28(42)41-13-12-40-17-21(41)18-43-26-16-24-29(37-31(26)40)30(35-19-34-24)36-20-5-6-25(23(32)14-20)44-22-7-10-39-11-8-33-27(39)15-22/h3-8,10-11,14-16,19,21H,9,12-13,17-18H2,1-2H3,(H,34,35,36)/b4-3+. The van der Waals surface area contributed by atoms with Crippen molar-refractivity contribution >= 4 is 51.5 Å². The van der Waals surface area contributed by atoms with Gasteiger partial charge in [-0.2, -0.15) is 0 Å². The van der Waals surface area contributed by atoms with Crippen molar-refractivity contribution in [2.24, 2.45) is 0 Å². The molecule has 2 aliphatic heterocycles. The SMILES string of the molecule is CN(C)C/C=C/C(=O)N1CCN2CC1COc1cc3ncnc(Nc4ccc(Oc5ccn6ccnc6c5)c(Cl)c4)c3nc12. The van der Waals surface area contributed by atoms with E-state index in [-0.39, 0.29) is 11.9 Å². The molecule has 1 saturated heterocycles. The van der Waals surface area contributed by atoms with Gasteiger partial charge in [0.15, 0.2) is 17.4 Å². The number of pyridine rings is 2. The van der Waals surface area contributed by atoms with Crippen LogP contribution in [0.4, 0.5) is 17.3 Å². The number of hydrogen-bond donors (Lipinski definition) is 1. The Morgan fingerprint density at radius 3 is 2.93 bits per heavy atom. The number of fused-ring (bicyclic) bond motifs is 6. The van der Waals surface area contributed by atoms with Gasteiger partial charge in [0.05, 0.1) is 16.6 Å². The lowest BCUT2D eigenvalue weighted by atomic mass is 10.1. The lowest BCUT2D eigenvalue weighted by Gasteiger charge is -2.39. The van der Waals surface area contributed by atoms with Crippen molar-refractivity contribution in [1.82, 2.24) is 34.1 Å². The fourth-order valence-corrected chi connectivity index (χ4v) is 5.61. The summed E-state index contributed by atoms with van der Waals surface area (Å²) in [5.41, 5.74) is 2.73. The van der Waals surface area contributed by atoms with Crippen LogP contribution >= 0.6 is 11.6 Å². The Balaban J connectivity index is 1.10. The minimum Gasteiger partial charge on any atom is -0.487 e. The largest absolute Gasteiger partial charge is 0.487 e. The number of carbonyl (C=O) groups is 1. The van der Waals surface area contributed by atoms with Crippen LogP contribution in [0.15, 0.2) is 73.5 Å². The van der Waals surface area contributed by atoms with E-state index < -0.39 is 0 Å². The molecule has 1 atom stereocenters. The van der Waals surface area contributed by atoms with Crippen LogP contribution < -0.4 is 19.7 Å². The zero-order chi connectivity index (χ0) is 30.2. The van der Waals surface area contributed by atoms with Crippen molar-refractivity contribution < 1.29 is 14.3 Å². The summed E-state index contributed by atoms with van der Waals surface area (Å²) in [5, 5.41) is 3.77. The summed E-state index contributed by atoms with van der Waals surface area (Å²) in [6, 6.07) is 10.9. The van der Waals surface area contributed by atoms with Gasteiger partial charge in [0.2, 0.25) is 5.91 Å². The van der Waals surface area contributed by atoms with Gasteiger partial charge in [0.1, 0.15) is 35.6 Å². The maximum atomic E-state index is 12.9. The summed E-state index contributed by atoms with van der Waals surface area (Å²) in [6.07, 6.45) is 10.5. The van der Waals surface area contributed by atoms with E-state index in [9.17, 15) is 4.79 Å². The summed E-state index contributed by atoms with van der Waals surface area (Å²) >= 11 is 6.62. The Kier molecular flexibility index (Phi) is 7.36. The molecule has 7 rings (SSSR count). The second kappa shape index (κ2) is 11.6. The number of ether oxygens (including phenoxy) is 2. The van der Waals surface area contributed by atoms with E-state index in [0.717, 1.165) is 5.65 Å². The number of rotatable bonds is 7. The number of nitrogens with zero attached hydrogens (tertiary/aromatic N) is 8. The molecule has 0 saturated carbocycles. The van der Waals surface area contributed by atoms with Crippen molar-refractivity contribution in [1.29, 1.82) is 0 Å². The van der Waals surface area contributed by atoms with E-state index in [4.69, 9.17) is 26.1 Å². The van der Waals surface area contributed by atoms with Gasteiger partial charge in [0.25, 0.3) is 0 Å². The molecule has 0 spiro atoms. The van der Waals surface area contributed by atoms with Crippen LogP contribution in [0.3, 0.4) is 0 Å². The number of hydrogen-bond acceptors (Lipinski definition) is 10. The van der Waals surface area contributed by atoms with Gasteiger partial charge in [0, 0.05) is 68.7 Å². The first kappa shape index (κ1) is 27.9. The van der Waals surface area contributed by atoms with Crippen LogP contribution in [0.2, 0.25) is 5.02 Å². The molecule has 5 aromatic rings. The highest BCUT2D eigenvalue weighted by molar-refractivity contribution is 6.32. The second-order valence-corrected chi connectivity index (χ2v) is 11.3. The van der Waals surface area contributed by atoms with Crippen molar-refractivity contribution in [2.75, 3.05) is 57.1 Å². The predicted molar refractivity (Wildman–Crippen MR) is 168 cm³/mol. The summed E-state index contributed by atoms with van der Waals surface area (Å²) in [5.74, 6) is 3.03. The molecule has 6 heterocycles. The third-order valence-electron chi connectivity index (χ3n) is 7.58. The zero-order valence-electron chi connectivity index (χ0n) is 24.2. The number of halogens is 1. The van der Waals surface area contributed by atoms with Crippen LogP contribution in [-0.4, -0.2) is 93.0 Å². The summed E-state index contributed by atoms with van der Waals surface area (Å²) in [6.45, 7) is 2.93. The minimum absolute atomic E-state index is 0.00398. The maximum Gasteiger partial charge on any atom is 0.246 e. The van der Waals surface area contributed by atoms with Crippen molar-refractivity contribution in [2.45, 2.75) is 6.04 Å². The minimum atomic E-state index is -0.0919. The van der Waals surface area contributed by atoms with Gasteiger partial charge in [-0.3, -0.25) is 4.79 Å². The highest BCUT2D eigenvalue weighted by Gasteiger charge is 2.35. The maximum absolute atomic E-state index is 12.9. The highest BCUT2D eigenvalue weighted by atomic mass is 35.5. The molecular weight excluding hydrogens is 582 g/mol. The zero-order valence-corrected chi connectivity index (χ0v) is 25.0. The van der Waals surface area contributed by atoms with E-state index in [1.165, 1.54) is 6.33 Å². The fraction of sp³-hybridized carbons (Fsp3) is 0.258. The molecule has 44 heavy (non-hydrogen) atoms. The summed E-state index contributed by atoms with van der Waals surface area (Å²) in [4.78, 5) is 37.2. The van der Waals surface area contributed by atoms with Crippen molar-refractivity contribution in [3.8, 4) is 17.2 Å². The third-order valence-corrected chi connectivity index (χ3v) is 7.87. The number of aromatic nitrogens is 5. The Morgan fingerprint density at radius 2 is 2.07 bits per heavy atom. The monoisotopic (exact) mass is 611 g/mol. The highest BCUT2D eigenvalue weighted by Crippen LogP contribution is 2.37. The molecule has 2 aliphatic rings. The fourth-order valence-electron chi connectivity index (χ4n) is 5.39. The molecular formula is C31H30ClN9O3. The Morgan fingerprint density at radius 1 is 1.16 bits per heavy atom. The van der Waals surface area contributed by atoms with Crippen LogP contribution in [0, 0.1) is 0 Å². The van der Waals surface area contributed by atoms with Gasteiger partial charge < -0.3 is 33.9 Å². The Hall–Kier alpha value is -4.94. The average molecular weight is 612 g/mol. The first-order chi connectivity index (χ1) is 21.4. The lowest BCUT2D eigenvalue weighted by Crippen LogP contribution is -2.56. The van der Waals surface area contributed by atoms with Gasteiger partial charge in [-0.25, -0.2) is 19.9 Å². The molecule has 13 heteroatoms. The van der Waals surface area contributed by atoms with Crippen molar-refractivity contribution in [3.05, 3.63) is 78.5 Å². The average Bonchev–Trinajstić information content (AvgIpc) is 3.44. The molecule has 4 aromatic heterocycles. The van der Waals surface area contributed by atoms with E-state index in [2.05, 4.69) is 25.2 Å². The molecule has 2 bridgehead atoms. The first-order valence-corrected chi connectivity index (χ1v) is 14.6. The Bertz CT molecular complexity index is 1890. The van der Waals surface area contributed by atoms with E-state index in [1.807, 2.05) is 71.0 Å². The number of benzene rings is 1. The molecule has 12 nitrogen and oxygen atoms in total. The molecule has 1 unspecified atom stereocenters. The molecule has 224 valence electrons. The normalized spacial score (nSPS) is 16.3. The number of imidazole rings is 1. The van der Waals surface area contributed by atoms with Crippen LogP contribution in [0.1, 0.15) is 0 Å². The number of anilines is 3. The number of likely N-dealkylation sites (N-methyl/N-ethyl adjacent to an activating group) is 1. The van der Waals surface area contributed by atoms with Crippen molar-refractivity contribution in [3.63, 3.8) is 0 Å². The predicted octanol–water partition coefficient (Wildman–Crippen LogP) is 4.39. The Labute approximate surface area is 258 Å². The number of piperazine rings is 1. The van der Waals surface area contributed by atoms with Gasteiger partial charge in [-0.15, -0.1) is 0 Å². The topological polar surface area (TPSA) is 113 Å². The summed E-state index contributed by atoms with van der Waals surface area (Å²) < 4.78 is 14.1. The van der Waals surface area contributed by atoms with Gasteiger partial charge in [-0.1, -0.05) is 17.7 Å². The van der Waals surface area contributed by atoms with E-state index in [0.29, 0.717) is 83.4 Å². The molecule has 1 amide bonds.